The lowest BCUT2D eigenvalue weighted by atomic mass is 10.2. The minimum Gasteiger partial charge on any atom is -0.374 e. The topological polar surface area (TPSA) is 53.2 Å². The Balaban J connectivity index is 1.43. The van der Waals surface area contributed by atoms with Crippen molar-refractivity contribution in [2.24, 2.45) is 0 Å². The van der Waals surface area contributed by atoms with Gasteiger partial charge in [-0.25, -0.2) is 0 Å². The summed E-state index contributed by atoms with van der Waals surface area (Å²) in [5.74, 6) is 0. The third kappa shape index (κ3) is 4.16. The van der Waals surface area contributed by atoms with Crippen molar-refractivity contribution in [1.29, 1.82) is 0 Å². The summed E-state index contributed by atoms with van der Waals surface area (Å²) in [5.41, 5.74) is 3.71. The van der Waals surface area contributed by atoms with E-state index in [1.165, 1.54) is 11.1 Å². The molecule has 2 aromatic rings. The number of morpholine rings is 1. The highest BCUT2D eigenvalue weighted by Gasteiger charge is 2.20. The van der Waals surface area contributed by atoms with Gasteiger partial charge in [0, 0.05) is 44.0 Å². The lowest BCUT2D eigenvalue weighted by Gasteiger charge is -2.33. The van der Waals surface area contributed by atoms with Crippen LogP contribution in [0.3, 0.4) is 0 Å². The molecule has 1 aliphatic heterocycles. The van der Waals surface area contributed by atoms with Gasteiger partial charge in [0.2, 0.25) is 0 Å². The molecule has 0 spiro atoms. The van der Waals surface area contributed by atoms with Crippen molar-refractivity contribution in [2.45, 2.75) is 26.1 Å². The number of H-pyrrole nitrogens is 1. The molecular weight excluding hydrogens is 276 g/mol. The van der Waals surface area contributed by atoms with Crippen molar-refractivity contribution >= 4 is 0 Å². The third-order valence-corrected chi connectivity index (χ3v) is 4.09. The van der Waals surface area contributed by atoms with Crippen LogP contribution in [0.15, 0.2) is 36.5 Å². The number of aryl methyl sites for hydroxylation is 1. The van der Waals surface area contributed by atoms with Crippen LogP contribution in [0.1, 0.15) is 16.8 Å². The average molecular weight is 300 g/mol. The first-order chi connectivity index (χ1) is 10.8. The Labute approximate surface area is 131 Å². The van der Waals surface area contributed by atoms with Crippen molar-refractivity contribution in [1.82, 2.24) is 20.4 Å². The van der Waals surface area contributed by atoms with E-state index >= 15 is 0 Å². The van der Waals surface area contributed by atoms with Gasteiger partial charge in [-0.15, -0.1) is 0 Å². The molecule has 118 valence electrons. The zero-order chi connectivity index (χ0) is 15.2. The van der Waals surface area contributed by atoms with Crippen LogP contribution in [0.5, 0.6) is 0 Å². The van der Waals surface area contributed by atoms with Crippen LogP contribution in [0.25, 0.3) is 0 Å². The van der Waals surface area contributed by atoms with E-state index in [0.717, 1.165) is 45.0 Å². The fourth-order valence-electron chi connectivity index (χ4n) is 2.81. The first-order valence-electron chi connectivity index (χ1n) is 7.88. The molecule has 0 unspecified atom stereocenters. The van der Waals surface area contributed by atoms with Crippen LogP contribution in [0, 0.1) is 6.92 Å². The summed E-state index contributed by atoms with van der Waals surface area (Å²) in [6.45, 7) is 7.55. The Morgan fingerprint density at radius 1 is 1.36 bits per heavy atom. The normalized spacial score (nSPS) is 19.4. The maximum absolute atomic E-state index is 5.87. The molecule has 1 atom stereocenters. The molecule has 1 fully saturated rings. The van der Waals surface area contributed by atoms with Gasteiger partial charge in [0.15, 0.2) is 0 Å². The second-order valence-electron chi connectivity index (χ2n) is 5.86. The molecule has 0 aliphatic carbocycles. The molecule has 2 heterocycles. The molecule has 0 saturated carbocycles. The fourth-order valence-corrected chi connectivity index (χ4v) is 2.81. The van der Waals surface area contributed by atoms with E-state index in [1.54, 1.807) is 0 Å². The highest BCUT2D eigenvalue weighted by Crippen LogP contribution is 2.10. The van der Waals surface area contributed by atoms with Gasteiger partial charge in [0.1, 0.15) is 0 Å². The lowest BCUT2D eigenvalue weighted by molar-refractivity contribution is -0.0300. The van der Waals surface area contributed by atoms with E-state index in [4.69, 9.17) is 4.74 Å². The van der Waals surface area contributed by atoms with E-state index in [1.807, 2.05) is 13.1 Å². The molecule has 0 bridgehead atoms. The Morgan fingerprint density at radius 3 is 3.00 bits per heavy atom. The SMILES string of the molecule is Cc1[nH]ncc1CNC[C@H]1CN(Cc2ccccc2)CCO1. The molecule has 1 aromatic carbocycles. The number of aromatic nitrogens is 2. The maximum Gasteiger partial charge on any atom is 0.0826 e. The molecule has 0 radical (unpaired) electrons. The molecule has 1 aliphatic rings. The third-order valence-electron chi connectivity index (χ3n) is 4.09. The monoisotopic (exact) mass is 300 g/mol. The van der Waals surface area contributed by atoms with Crippen molar-refractivity contribution in [3.63, 3.8) is 0 Å². The maximum atomic E-state index is 5.87. The molecule has 1 saturated heterocycles. The van der Waals surface area contributed by atoms with Crippen molar-refractivity contribution in [3.05, 3.63) is 53.3 Å². The minimum absolute atomic E-state index is 0.254. The van der Waals surface area contributed by atoms with Crippen molar-refractivity contribution < 1.29 is 4.74 Å². The fraction of sp³-hybridized carbons (Fsp3) is 0.471. The first kappa shape index (κ1) is 15.2. The number of ether oxygens (including phenoxy) is 1. The van der Waals surface area contributed by atoms with E-state index in [2.05, 4.69) is 50.7 Å². The van der Waals surface area contributed by atoms with Gasteiger partial charge in [-0.2, -0.15) is 5.10 Å². The minimum atomic E-state index is 0.254. The van der Waals surface area contributed by atoms with Gasteiger partial charge in [-0.05, 0) is 12.5 Å². The van der Waals surface area contributed by atoms with Crippen LogP contribution < -0.4 is 5.32 Å². The number of benzene rings is 1. The molecular formula is C17H24N4O. The van der Waals surface area contributed by atoms with E-state index in [9.17, 15) is 0 Å². The van der Waals surface area contributed by atoms with Gasteiger partial charge in [-0.3, -0.25) is 10.00 Å². The van der Waals surface area contributed by atoms with Crippen molar-refractivity contribution in [2.75, 3.05) is 26.2 Å². The van der Waals surface area contributed by atoms with Gasteiger partial charge in [0.25, 0.3) is 0 Å². The van der Waals surface area contributed by atoms with Crippen LogP contribution in [0.2, 0.25) is 0 Å². The summed E-state index contributed by atoms with van der Waals surface area (Å²) >= 11 is 0. The summed E-state index contributed by atoms with van der Waals surface area (Å²) in [4.78, 5) is 2.47. The predicted octanol–water partition coefficient (Wildman–Crippen LogP) is 1.71. The number of nitrogens with zero attached hydrogens (tertiary/aromatic N) is 2. The Bertz CT molecular complexity index is 569. The number of hydrogen-bond donors (Lipinski definition) is 2. The summed E-state index contributed by atoms with van der Waals surface area (Å²) in [6.07, 6.45) is 2.14. The molecule has 3 rings (SSSR count). The average Bonchev–Trinajstić information content (AvgIpc) is 2.94. The Hall–Kier alpha value is -1.69. The van der Waals surface area contributed by atoms with Crippen LogP contribution in [0.4, 0.5) is 0 Å². The molecule has 0 amide bonds. The summed E-state index contributed by atoms with van der Waals surface area (Å²) in [5, 5.41) is 10.5. The molecule has 1 aromatic heterocycles. The molecule has 22 heavy (non-hydrogen) atoms. The second-order valence-corrected chi connectivity index (χ2v) is 5.86. The van der Waals surface area contributed by atoms with Gasteiger partial charge >= 0.3 is 0 Å². The summed E-state index contributed by atoms with van der Waals surface area (Å²) in [7, 11) is 0. The van der Waals surface area contributed by atoms with E-state index in [0.29, 0.717) is 0 Å². The number of aromatic amines is 1. The van der Waals surface area contributed by atoms with Crippen LogP contribution in [-0.4, -0.2) is 47.4 Å². The zero-order valence-corrected chi connectivity index (χ0v) is 13.1. The van der Waals surface area contributed by atoms with Crippen LogP contribution in [-0.2, 0) is 17.8 Å². The summed E-state index contributed by atoms with van der Waals surface area (Å²) in [6, 6.07) is 10.6. The van der Waals surface area contributed by atoms with E-state index in [-0.39, 0.29) is 6.10 Å². The van der Waals surface area contributed by atoms with Gasteiger partial charge in [0.05, 0.1) is 18.9 Å². The highest BCUT2D eigenvalue weighted by atomic mass is 16.5. The van der Waals surface area contributed by atoms with Gasteiger partial charge in [-0.1, -0.05) is 30.3 Å². The highest BCUT2D eigenvalue weighted by molar-refractivity contribution is 5.15. The molecule has 2 N–H and O–H groups in total. The van der Waals surface area contributed by atoms with Crippen molar-refractivity contribution in [3.8, 4) is 0 Å². The zero-order valence-electron chi connectivity index (χ0n) is 13.1. The Morgan fingerprint density at radius 2 is 2.23 bits per heavy atom. The predicted molar refractivity (Wildman–Crippen MR) is 86.5 cm³/mol. The summed E-state index contributed by atoms with van der Waals surface area (Å²) < 4.78 is 5.87. The lowest BCUT2D eigenvalue weighted by Crippen LogP contribution is -2.46. The second kappa shape index (κ2) is 7.54. The molecule has 5 heteroatoms. The first-order valence-corrected chi connectivity index (χ1v) is 7.88. The number of nitrogens with one attached hydrogen (secondary N) is 2. The quantitative estimate of drug-likeness (QED) is 0.853. The van der Waals surface area contributed by atoms with Gasteiger partial charge < -0.3 is 10.1 Å². The van der Waals surface area contributed by atoms with E-state index < -0.39 is 0 Å². The molecule has 5 nitrogen and oxygen atoms in total. The standard InChI is InChI=1S/C17H24N4O/c1-14-16(10-19-20-14)9-18-11-17-13-21(7-8-22-17)12-15-5-3-2-4-6-15/h2-6,10,17-18H,7-9,11-13H2,1H3,(H,19,20)/t17-/m0/s1. The van der Waals surface area contributed by atoms with Crippen LogP contribution >= 0.6 is 0 Å². The largest absolute Gasteiger partial charge is 0.374 e. The Kier molecular flexibility index (Phi) is 5.21. The number of hydrogen-bond acceptors (Lipinski definition) is 4. The number of rotatable bonds is 6. The smallest absolute Gasteiger partial charge is 0.0826 e.